The van der Waals surface area contributed by atoms with Gasteiger partial charge < -0.3 is 29.4 Å². The third kappa shape index (κ3) is 8.48. The Bertz CT molecular complexity index is 1280. The molecule has 13 heteroatoms. The van der Waals surface area contributed by atoms with E-state index in [9.17, 15) is 19.2 Å². The van der Waals surface area contributed by atoms with Crippen molar-refractivity contribution >= 4 is 35.1 Å². The first-order valence-electron chi connectivity index (χ1n) is 16.1. The molecule has 1 unspecified atom stereocenters. The van der Waals surface area contributed by atoms with E-state index in [1.165, 1.54) is 0 Å². The number of hydrogen-bond donors (Lipinski definition) is 3. The molecular formula is C33H54N6O7. The van der Waals surface area contributed by atoms with Crippen molar-refractivity contribution in [2.24, 2.45) is 5.41 Å². The van der Waals surface area contributed by atoms with E-state index in [0.717, 1.165) is 12.8 Å². The molecule has 46 heavy (non-hydrogen) atoms. The van der Waals surface area contributed by atoms with Gasteiger partial charge in [-0.15, -0.1) is 5.06 Å². The van der Waals surface area contributed by atoms with Crippen LogP contribution in [0.5, 0.6) is 5.75 Å². The highest BCUT2D eigenvalue weighted by Crippen LogP contribution is 2.41. The number of carbonyl (C=O) groups excluding carboxylic acids is 4. The molecule has 2 aliphatic heterocycles. The number of nitrogens with one attached hydrogen (secondary N) is 3. The van der Waals surface area contributed by atoms with E-state index in [-0.39, 0.29) is 42.9 Å². The molecule has 3 N–H and O–H groups in total. The van der Waals surface area contributed by atoms with Crippen molar-refractivity contribution in [2.75, 3.05) is 51.0 Å². The van der Waals surface area contributed by atoms with Crippen LogP contribution in [0.3, 0.4) is 0 Å². The van der Waals surface area contributed by atoms with Crippen molar-refractivity contribution in [1.82, 2.24) is 20.6 Å². The van der Waals surface area contributed by atoms with Gasteiger partial charge in [0.25, 0.3) is 11.8 Å². The van der Waals surface area contributed by atoms with Crippen molar-refractivity contribution in [1.29, 1.82) is 0 Å². The summed E-state index contributed by atoms with van der Waals surface area (Å²) in [5.41, 5.74) is 0.0584. The zero-order valence-corrected chi connectivity index (χ0v) is 29.5. The van der Waals surface area contributed by atoms with Crippen LogP contribution >= 0.6 is 0 Å². The maximum atomic E-state index is 14.4. The molecule has 0 aliphatic carbocycles. The molecule has 2 aliphatic rings. The molecule has 0 bridgehead atoms. The highest BCUT2D eigenvalue weighted by atomic mass is 16.7. The first kappa shape index (κ1) is 37.0. The van der Waals surface area contributed by atoms with Crippen molar-refractivity contribution < 1.29 is 33.5 Å². The third-order valence-electron chi connectivity index (χ3n) is 7.95. The van der Waals surface area contributed by atoms with Gasteiger partial charge in [-0.05, 0) is 94.8 Å². The SMILES string of the molecule is CNc1cc2c(cc1C(=O)N(C(C)C)C1CCCN(OC(=O)C(C)(C)C)C1)N(CCCC(=O)OC(C)(C)C)C(=O)C(NC)(NC)O2. The number of ether oxygens (including phenoxy) is 2. The van der Waals surface area contributed by atoms with Crippen LogP contribution in [-0.4, -0.2) is 98.0 Å². The van der Waals surface area contributed by atoms with Gasteiger partial charge in [0.05, 0.1) is 28.9 Å². The Morgan fingerprint density at radius 1 is 1.09 bits per heavy atom. The summed E-state index contributed by atoms with van der Waals surface area (Å²) in [5.74, 6) is -2.47. The summed E-state index contributed by atoms with van der Waals surface area (Å²) >= 11 is 0. The van der Waals surface area contributed by atoms with Gasteiger partial charge in [0.15, 0.2) is 0 Å². The van der Waals surface area contributed by atoms with Crippen molar-refractivity contribution in [3.05, 3.63) is 17.7 Å². The number of likely N-dealkylation sites (N-methyl/N-ethyl adjacent to an activating group) is 2. The van der Waals surface area contributed by atoms with E-state index in [2.05, 4.69) is 16.0 Å². The summed E-state index contributed by atoms with van der Waals surface area (Å²) in [5, 5.41) is 10.7. The zero-order valence-electron chi connectivity index (χ0n) is 29.5. The number of benzene rings is 1. The Kier molecular flexibility index (Phi) is 11.7. The average Bonchev–Trinajstić information content (AvgIpc) is 2.96. The van der Waals surface area contributed by atoms with Crippen LogP contribution in [0.15, 0.2) is 12.1 Å². The van der Waals surface area contributed by atoms with Crippen molar-refractivity contribution in [2.45, 2.75) is 105 Å². The van der Waals surface area contributed by atoms with Crippen LogP contribution in [-0.2, 0) is 24.0 Å². The lowest BCUT2D eigenvalue weighted by atomic mass is 9.97. The van der Waals surface area contributed by atoms with Crippen LogP contribution in [0, 0.1) is 5.41 Å². The normalized spacial score (nSPS) is 18.5. The van der Waals surface area contributed by atoms with E-state index in [1.807, 2.05) is 60.3 Å². The molecule has 0 spiro atoms. The second-order valence-corrected chi connectivity index (χ2v) is 14.2. The van der Waals surface area contributed by atoms with Crippen LogP contribution in [0.1, 0.15) is 91.4 Å². The number of hydrogen-bond acceptors (Lipinski definition) is 11. The molecule has 1 saturated heterocycles. The van der Waals surface area contributed by atoms with E-state index < -0.39 is 22.8 Å². The van der Waals surface area contributed by atoms with Gasteiger partial charge in [0.2, 0.25) is 0 Å². The molecule has 1 atom stereocenters. The molecule has 3 rings (SSSR count). The van der Waals surface area contributed by atoms with E-state index in [0.29, 0.717) is 42.2 Å². The lowest BCUT2D eigenvalue weighted by Gasteiger charge is -2.43. The number of amides is 2. The molecule has 1 aromatic rings. The third-order valence-corrected chi connectivity index (χ3v) is 7.95. The topological polar surface area (TPSA) is 142 Å². The number of fused-ring (bicyclic) bond motifs is 1. The minimum Gasteiger partial charge on any atom is -0.460 e. The number of hydroxylamine groups is 2. The summed E-state index contributed by atoms with van der Waals surface area (Å²) in [7, 11) is 4.95. The molecule has 0 aromatic heterocycles. The second-order valence-electron chi connectivity index (χ2n) is 14.2. The summed E-state index contributed by atoms with van der Waals surface area (Å²) in [6.45, 7) is 15.9. The number of piperidine rings is 1. The fraction of sp³-hybridized carbons (Fsp3) is 0.697. The maximum Gasteiger partial charge on any atom is 0.330 e. The number of anilines is 2. The van der Waals surface area contributed by atoms with Crippen LogP contribution in [0.4, 0.5) is 11.4 Å². The monoisotopic (exact) mass is 646 g/mol. The van der Waals surface area contributed by atoms with Gasteiger partial charge in [-0.25, -0.2) is 4.79 Å². The highest BCUT2D eigenvalue weighted by molar-refractivity contribution is 6.07. The van der Waals surface area contributed by atoms with Crippen molar-refractivity contribution in [3.8, 4) is 5.75 Å². The number of rotatable bonds is 11. The first-order valence-corrected chi connectivity index (χ1v) is 16.1. The predicted molar refractivity (Wildman–Crippen MR) is 176 cm³/mol. The fourth-order valence-electron chi connectivity index (χ4n) is 5.64. The quantitative estimate of drug-likeness (QED) is 0.240. The molecule has 13 nitrogen and oxygen atoms in total. The van der Waals surface area contributed by atoms with Crippen LogP contribution in [0.25, 0.3) is 0 Å². The lowest BCUT2D eigenvalue weighted by molar-refractivity contribution is -0.208. The molecule has 1 fully saturated rings. The predicted octanol–water partition coefficient (Wildman–Crippen LogP) is 3.49. The summed E-state index contributed by atoms with van der Waals surface area (Å²) < 4.78 is 11.7. The van der Waals surface area contributed by atoms with E-state index in [1.54, 1.807) is 43.2 Å². The van der Waals surface area contributed by atoms with E-state index >= 15 is 0 Å². The van der Waals surface area contributed by atoms with Gasteiger partial charge in [-0.1, -0.05) is 0 Å². The largest absolute Gasteiger partial charge is 0.460 e. The van der Waals surface area contributed by atoms with Crippen LogP contribution < -0.4 is 25.6 Å². The molecule has 0 radical (unpaired) electrons. The molecule has 2 heterocycles. The Labute approximate surface area is 273 Å². The lowest BCUT2D eigenvalue weighted by Crippen LogP contribution is -2.70. The fourth-order valence-corrected chi connectivity index (χ4v) is 5.64. The summed E-state index contributed by atoms with van der Waals surface area (Å²) in [6.07, 6.45) is 1.96. The van der Waals surface area contributed by atoms with Crippen LogP contribution in [0.2, 0.25) is 0 Å². The van der Waals surface area contributed by atoms with Gasteiger partial charge in [0.1, 0.15) is 11.4 Å². The summed E-state index contributed by atoms with van der Waals surface area (Å²) in [6, 6.07) is 3.02. The Balaban J connectivity index is 1.98. The van der Waals surface area contributed by atoms with Crippen molar-refractivity contribution in [3.63, 3.8) is 0 Å². The van der Waals surface area contributed by atoms with E-state index in [4.69, 9.17) is 14.3 Å². The summed E-state index contributed by atoms with van der Waals surface area (Å²) in [4.78, 5) is 62.5. The molecular weight excluding hydrogens is 592 g/mol. The number of carbonyl (C=O) groups is 4. The number of nitrogens with zero attached hydrogens (tertiary/aromatic N) is 3. The molecule has 0 saturated carbocycles. The Hall–Kier alpha value is -3.42. The second kappa shape index (κ2) is 14.6. The first-order chi connectivity index (χ1) is 21.4. The van der Waals surface area contributed by atoms with Gasteiger partial charge in [-0.3, -0.25) is 25.0 Å². The Morgan fingerprint density at radius 2 is 1.74 bits per heavy atom. The standard InChI is InChI=1S/C33H54N6O7/c1-21(2)39(22-14-12-16-37(20-22)46-30(43)31(3,4)5)28(41)23-18-25-26(19-24(23)34-9)44-33(35-10,36-11)29(42)38(25)17-13-15-27(40)45-32(6,7)8/h18-19,21-22,34-36H,12-17,20H2,1-11H3. The van der Waals surface area contributed by atoms with Gasteiger partial charge >= 0.3 is 17.8 Å². The smallest absolute Gasteiger partial charge is 0.330 e. The minimum atomic E-state index is -1.55. The van der Waals surface area contributed by atoms with Gasteiger partial charge in [-0.2, -0.15) is 0 Å². The molecule has 258 valence electrons. The highest BCUT2D eigenvalue weighted by Gasteiger charge is 2.47. The molecule has 2 amide bonds. The minimum absolute atomic E-state index is 0.114. The maximum absolute atomic E-state index is 14.4. The van der Waals surface area contributed by atoms with Gasteiger partial charge in [0, 0.05) is 44.7 Å². The average molecular weight is 647 g/mol. The number of esters is 1. The molecule has 1 aromatic carbocycles. The zero-order chi connectivity index (χ0) is 34.6. The Morgan fingerprint density at radius 3 is 2.28 bits per heavy atom.